The van der Waals surface area contributed by atoms with E-state index in [-0.39, 0.29) is 0 Å². The van der Waals surface area contributed by atoms with E-state index in [1.807, 2.05) is 6.07 Å². The summed E-state index contributed by atoms with van der Waals surface area (Å²) in [6.07, 6.45) is 4.16. The van der Waals surface area contributed by atoms with Crippen molar-refractivity contribution in [2.24, 2.45) is 11.7 Å². The smallest absolute Gasteiger partial charge is 0.122 e. The summed E-state index contributed by atoms with van der Waals surface area (Å²) in [5.74, 6) is 1.75. The van der Waals surface area contributed by atoms with Gasteiger partial charge in [0.2, 0.25) is 0 Å². The SMILES string of the molecule is COCC1CCN(Cc2occc2CN)CC1. The van der Waals surface area contributed by atoms with Crippen LogP contribution in [0.4, 0.5) is 0 Å². The maximum absolute atomic E-state index is 5.67. The lowest BCUT2D eigenvalue weighted by Gasteiger charge is -2.31. The molecule has 1 aliphatic heterocycles. The molecule has 0 atom stereocenters. The molecule has 1 aromatic rings. The van der Waals surface area contributed by atoms with E-state index in [1.54, 1.807) is 13.4 Å². The molecule has 0 aromatic carbocycles. The molecular formula is C13H22N2O2. The minimum Gasteiger partial charge on any atom is -0.468 e. The van der Waals surface area contributed by atoms with Gasteiger partial charge in [-0.05, 0) is 37.9 Å². The van der Waals surface area contributed by atoms with Crippen LogP contribution in [0.25, 0.3) is 0 Å². The Labute approximate surface area is 103 Å². The Morgan fingerprint density at radius 3 is 2.88 bits per heavy atom. The fourth-order valence-corrected chi connectivity index (χ4v) is 2.44. The number of methoxy groups -OCH3 is 1. The van der Waals surface area contributed by atoms with Crippen LogP contribution < -0.4 is 5.73 Å². The summed E-state index contributed by atoms with van der Waals surface area (Å²) < 4.78 is 10.7. The van der Waals surface area contributed by atoms with Crippen molar-refractivity contribution >= 4 is 0 Å². The first kappa shape index (κ1) is 12.6. The summed E-state index contributed by atoms with van der Waals surface area (Å²) in [6.45, 7) is 4.59. The van der Waals surface area contributed by atoms with Gasteiger partial charge in [0.05, 0.1) is 12.8 Å². The minimum atomic E-state index is 0.561. The number of ether oxygens (including phenoxy) is 1. The predicted octanol–water partition coefficient (Wildman–Crippen LogP) is 1.60. The number of likely N-dealkylation sites (tertiary alicyclic amines) is 1. The van der Waals surface area contributed by atoms with E-state index < -0.39 is 0 Å². The summed E-state index contributed by atoms with van der Waals surface area (Å²) in [4.78, 5) is 2.43. The Bertz CT molecular complexity index is 330. The topological polar surface area (TPSA) is 51.6 Å². The van der Waals surface area contributed by atoms with Gasteiger partial charge in [-0.2, -0.15) is 0 Å². The van der Waals surface area contributed by atoms with Gasteiger partial charge in [-0.25, -0.2) is 0 Å². The lowest BCUT2D eigenvalue weighted by atomic mass is 9.97. The molecule has 1 saturated heterocycles. The summed E-state index contributed by atoms with van der Waals surface area (Å²) in [6, 6.07) is 1.97. The highest BCUT2D eigenvalue weighted by Crippen LogP contribution is 2.20. The molecule has 0 bridgehead atoms. The molecule has 0 saturated carbocycles. The van der Waals surface area contributed by atoms with Gasteiger partial charge in [-0.15, -0.1) is 0 Å². The van der Waals surface area contributed by atoms with Crippen molar-refractivity contribution in [2.45, 2.75) is 25.9 Å². The average molecular weight is 238 g/mol. The summed E-state index contributed by atoms with van der Waals surface area (Å²) >= 11 is 0. The van der Waals surface area contributed by atoms with Gasteiger partial charge in [0, 0.05) is 25.8 Å². The molecule has 1 fully saturated rings. The predicted molar refractivity (Wildman–Crippen MR) is 66.5 cm³/mol. The second-order valence-electron chi connectivity index (χ2n) is 4.75. The Kier molecular flexibility index (Phi) is 4.59. The molecule has 2 heterocycles. The van der Waals surface area contributed by atoms with Gasteiger partial charge in [0.25, 0.3) is 0 Å². The Morgan fingerprint density at radius 2 is 2.24 bits per heavy atom. The Balaban J connectivity index is 1.82. The summed E-state index contributed by atoms with van der Waals surface area (Å²) in [5, 5.41) is 0. The number of nitrogens with two attached hydrogens (primary N) is 1. The van der Waals surface area contributed by atoms with E-state index in [0.717, 1.165) is 43.5 Å². The van der Waals surface area contributed by atoms with Crippen molar-refractivity contribution in [1.82, 2.24) is 4.90 Å². The van der Waals surface area contributed by atoms with E-state index in [4.69, 9.17) is 14.9 Å². The zero-order valence-corrected chi connectivity index (χ0v) is 10.5. The Hall–Kier alpha value is -0.840. The highest BCUT2D eigenvalue weighted by molar-refractivity contribution is 5.16. The molecule has 0 spiro atoms. The normalized spacial score (nSPS) is 18.7. The molecule has 1 aromatic heterocycles. The zero-order chi connectivity index (χ0) is 12.1. The fourth-order valence-electron chi connectivity index (χ4n) is 2.44. The molecule has 1 aliphatic rings. The lowest BCUT2D eigenvalue weighted by molar-refractivity contribution is 0.0937. The van der Waals surface area contributed by atoms with Gasteiger partial charge in [0.1, 0.15) is 5.76 Å². The molecule has 17 heavy (non-hydrogen) atoms. The van der Waals surface area contributed by atoms with Crippen LogP contribution in [0.3, 0.4) is 0 Å². The maximum Gasteiger partial charge on any atom is 0.122 e. The third kappa shape index (κ3) is 3.31. The van der Waals surface area contributed by atoms with Gasteiger partial charge in [-0.3, -0.25) is 4.90 Å². The van der Waals surface area contributed by atoms with Crippen LogP contribution in [0.5, 0.6) is 0 Å². The third-order valence-electron chi connectivity index (χ3n) is 3.53. The molecule has 4 nitrogen and oxygen atoms in total. The van der Waals surface area contributed by atoms with Gasteiger partial charge in [-0.1, -0.05) is 0 Å². The van der Waals surface area contributed by atoms with Crippen LogP contribution in [0.15, 0.2) is 16.7 Å². The lowest BCUT2D eigenvalue weighted by Crippen LogP contribution is -2.34. The second-order valence-corrected chi connectivity index (χ2v) is 4.75. The molecule has 2 rings (SSSR count). The van der Waals surface area contributed by atoms with E-state index >= 15 is 0 Å². The van der Waals surface area contributed by atoms with E-state index in [2.05, 4.69) is 4.90 Å². The van der Waals surface area contributed by atoms with Crippen LogP contribution in [0, 0.1) is 5.92 Å². The standard InChI is InChI=1S/C13H22N2O2/c1-16-10-11-2-5-15(6-3-11)9-13-12(8-14)4-7-17-13/h4,7,11H,2-3,5-6,8-10,14H2,1H3. The fraction of sp³-hybridized carbons (Fsp3) is 0.692. The molecule has 0 unspecified atom stereocenters. The molecule has 0 radical (unpaired) electrons. The zero-order valence-electron chi connectivity index (χ0n) is 10.5. The highest BCUT2D eigenvalue weighted by atomic mass is 16.5. The monoisotopic (exact) mass is 238 g/mol. The van der Waals surface area contributed by atoms with E-state index in [9.17, 15) is 0 Å². The molecule has 4 heteroatoms. The van der Waals surface area contributed by atoms with Crippen LogP contribution >= 0.6 is 0 Å². The number of rotatable bonds is 5. The van der Waals surface area contributed by atoms with Crippen LogP contribution in [-0.4, -0.2) is 31.7 Å². The molecular weight excluding hydrogens is 216 g/mol. The van der Waals surface area contributed by atoms with Crippen LogP contribution in [0.2, 0.25) is 0 Å². The van der Waals surface area contributed by atoms with Crippen molar-refractivity contribution in [2.75, 3.05) is 26.8 Å². The largest absolute Gasteiger partial charge is 0.468 e. The number of hydrogen-bond acceptors (Lipinski definition) is 4. The highest BCUT2D eigenvalue weighted by Gasteiger charge is 2.20. The van der Waals surface area contributed by atoms with Gasteiger partial charge >= 0.3 is 0 Å². The van der Waals surface area contributed by atoms with Crippen molar-refractivity contribution in [3.05, 3.63) is 23.7 Å². The van der Waals surface area contributed by atoms with Gasteiger partial charge < -0.3 is 14.9 Å². The first-order valence-corrected chi connectivity index (χ1v) is 6.30. The van der Waals surface area contributed by atoms with Crippen molar-refractivity contribution in [1.29, 1.82) is 0 Å². The Morgan fingerprint density at radius 1 is 1.47 bits per heavy atom. The minimum absolute atomic E-state index is 0.561. The van der Waals surface area contributed by atoms with Crippen molar-refractivity contribution < 1.29 is 9.15 Å². The van der Waals surface area contributed by atoms with Crippen LogP contribution in [-0.2, 0) is 17.8 Å². The van der Waals surface area contributed by atoms with Crippen molar-refractivity contribution in [3.63, 3.8) is 0 Å². The van der Waals surface area contributed by atoms with Crippen LogP contribution in [0.1, 0.15) is 24.2 Å². The summed E-state index contributed by atoms with van der Waals surface area (Å²) in [5.41, 5.74) is 6.80. The maximum atomic E-state index is 5.67. The average Bonchev–Trinajstić information content (AvgIpc) is 2.79. The summed E-state index contributed by atoms with van der Waals surface area (Å²) in [7, 11) is 1.78. The quantitative estimate of drug-likeness (QED) is 0.846. The number of hydrogen-bond donors (Lipinski definition) is 1. The molecule has 96 valence electrons. The third-order valence-corrected chi connectivity index (χ3v) is 3.53. The van der Waals surface area contributed by atoms with Crippen molar-refractivity contribution in [3.8, 4) is 0 Å². The van der Waals surface area contributed by atoms with E-state index in [1.165, 1.54) is 12.8 Å². The second kappa shape index (κ2) is 6.19. The molecule has 0 aliphatic carbocycles. The number of piperidine rings is 1. The first-order chi connectivity index (χ1) is 8.33. The number of furan rings is 1. The van der Waals surface area contributed by atoms with E-state index in [0.29, 0.717) is 6.54 Å². The molecule has 2 N–H and O–H groups in total. The number of nitrogens with zero attached hydrogens (tertiary/aromatic N) is 1. The van der Waals surface area contributed by atoms with Gasteiger partial charge in [0.15, 0.2) is 0 Å². The molecule has 0 amide bonds. The first-order valence-electron chi connectivity index (χ1n) is 6.30.